The van der Waals surface area contributed by atoms with Crippen LogP contribution in [-0.2, 0) is 14.6 Å². The lowest BCUT2D eigenvalue weighted by atomic mass is 10.2. The lowest BCUT2D eigenvalue weighted by Gasteiger charge is -2.24. The minimum absolute atomic E-state index is 0.0733. The molecule has 2 aliphatic heterocycles. The Kier molecular flexibility index (Phi) is 4.69. The number of para-hydroxylation sites is 1. The van der Waals surface area contributed by atoms with Gasteiger partial charge in [-0.3, -0.25) is 4.79 Å². The largest absolute Gasteiger partial charge is 0.457 e. The molecule has 2 aliphatic rings. The highest BCUT2D eigenvalue weighted by molar-refractivity contribution is 8.16. The van der Waals surface area contributed by atoms with E-state index in [0.717, 1.165) is 11.4 Å². The van der Waals surface area contributed by atoms with E-state index >= 15 is 0 Å². The molecule has 2 aromatic rings. The highest BCUT2D eigenvalue weighted by Crippen LogP contribution is 2.41. The number of anilines is 1. The number of amides is 1. The molecule has 27 heavy (non-hydrogen) atoms. The van der Waals surface area contributed by atoms with Crippen LogP contribution in [0.4, 0.5) is 5.69 Å². The van der Waals surface area contributed by atoms with Crippen LogP contribution in [0.2, 0.25) is 0 Å². The van der Waals surface area contributed by atoms with Gasteiger partial charge in [0.1, 0.15) is 11.5 Å². The van der Waals surface area contributed by atoms with Gasteiger partial charge in [-0.1, -0.05) is 30.0 Å². The number of benzene rings is 2. The number of carbonyl (C=O) groups excluding carboxylic acids is 1. The summed E-state index contributed by atoms with van der Waals surface area (Å²) in [5.74, 6) is 1.31. The molecule has 6 nitrogen and oxygen atoms in total. The Morgan fingerprint density at radius 3 is 2.41 bits per heavy atom. The Balaban J connectivity index is 1.62. The predicted molar refractivity (Wildman–Crippen MR) is 107 cm³/mol. The van der Waals surface area contributed by atoms with Crippen LogP contribution in [0, 0.1) is 0 Å². The Hall–Kier alpha value is -2.32. The smallest absolute Gasteiger partial charge is 0.244 e. The second-order valence-electron chi connectivity index (χ2n) is 6.49. The van der Waals surface area contributed by atoms with Gasteiger partial charge < -0.3 is 9.64 Å². The van der Waals surface area contributed by atoms with Gasteiger partial charge in [0.15, 0.2) is 15.0 Å². The molecule has 0 aliphatic carbocycles. The van der Waals surface area contributed by atoms with E-state index in [1.807, 2.05) is 59.5 Å². The van der Waals surface area contributed by atoms with Crippen molar-refractivity contribution in [3.8, 4) is 11.5 Å². The molecule has 0 bridgehead atoms. The first-order valence-electron chi connectivity index (χ1n) is 8.50. The number of hydrogen-bond donors (Lipinski definition) is 0. The van der Waals surface area contributed by atoms with Crippen molar-refractivity contribution in [1.82, 2.24) is 0 Å². The fourth-order valence-corrected chi connectivity index (χ4v) is 7.26. The molecule has 0 saturated carbocycles. The Morgan fingerprint density at radius 2 is 1.74 bits per heavy atom. The van der Waals surface area contributed by atoms with Crippen molar-refractivity contribution in [3.05, 3.63) is 54.6 Å². The minimum Gasteiger partial charge on any atom is -0.457 e. The zero-order valence-electron chi connectivity index (χ0n) is 14.6. The van der Waals surface area contributed by atoms with Gasteiger partial charge in [-0.15, -0.1) is 0 Å². The van der Waals surface area contributed by atoms with E-state index in [0.29, 0.717) is 10.9 Å². The van der Waals surface area contributed by atoms with Gasteiger partial charge in [0.25, 0.3) is 0 Å². The third kappa shape index (κ3) is 3.86. The highest BCUT2D eigenvalue weighted by atomic mass is 32.2. The Labute approximate surface area is 162 Å². The van der Waals surface area contributed by atoms with Crippen molar-refractivity contribution in [2.24, 2.45) is 4.99 Å². The molecule has 2 aromatic carbocycles. The first kappa shape index (κ1) is 18.1. The number of aliphatic imine (C=N–C) groups is 1. The number of hydrogen-bond acceptors (Lipinski definition) is 5. The van der Waals surface area contributed by atoms with Crippen LogP contribution in [0.5, 0.6) is 11.5 Å². The summed E-state index contributed by atoms with van der Waals surface area (Å²) in [5, 5.41) is 0.456. The van der Waals surface area contributed by atoms with Crippen LogP contribution in [0.1, 0.15) is 6.92 Å². The molecule has 4 rings (SSSR count). The molecule has 0 spiro atoms. The second-order valence-corrected chi connectivity index (χ2v) is 9.85. The second kappa shape index (κ2) is 7.01. The third-order valence-corrected chi connectivity index (χ3v) is 7.62. The number of sulfone groups is 1. The summed E-state index contributed by atoms with van der Waals surface area (Å²) in [4.78, 5) is 17.5. The molecule has 1 amide bonds. The van der Waals surface area contributed by atoms with Gasteiger partial charge in [-0.05, 0) is 36.4 Å². The van der Waals surface area contributed by atoms with Crippen molar-refractivity contribution in [2.75, 3.05) is 16.4 Å². The van der Waals surface area contributed by atoms with Gasteiger partial charge in [0.2, 0.25) is 5.91 Å². The van der Waals surface area contributed by atoms with Crippen LogP contribution < -0.4 is 9.64 Å². The van der Waals surface area contributed by atoms with E-state index in [1.165, 1.54) is 18.7 Å². The zero-order valence-corrected chi connectivity index (χ0v) is 16.2. The van der Waals surface area contributed by atoms with E-state index in [-0.39, 0.29) is 28.7 Å². The van der Waals surface area contributed by atoms with Gasteiger partial charge >= 0.3 is 0 Å². The van der Waals surface area contributed by atoms with Gasteiger partial charge in [0.05, 0.1) is 17.5 Å². The average Bonchev–Trinajstić information content (AvgIpc) is 3.07. The minimum atomic E-state index is -3.07. The fraction of sp³-hybridized carbons (Fsp3) is 0.263. The Bertz CT molecular complexity index is 988. The average molecular weight is 402 g/mol. The zero-order chi connectivity index (χ0) is 19.0. The van der Waals surface area contributed by atoms with E-state index in [4.69, 9.17) is 4.74 Å². The first-order chi connectivity index (χ1) is 12.9. The maximum absolute atomic E-state index is 12.0. The lowest BCUT2D eigenvalue weighted by Crippen LogP contribution is -2.37. The molecular weight excluding hydrogens is 384 g/mol. The number of thioether (sulfide) groups is 1. The molecule has 2 fully saturated rings. The molecule has 8 heteroatoms. The van der Waals surface area contributed by atoms with E-state index < -0.39 is 9.84 Å². The lowest BCUT2D eigenvalue weighted by molar-refractivity contribution is -0.115. The number of carbonyl (C=O) groups is 1. The molecule has 0 radical (unpaired) electrons. The van der Waals surface area contributed by atoms with E-state index in [1.54, 1.807) is 0 Å². The van der Waals surface area contributed by atoms with Gasteiger partial charge in [-0.25, -0.2) is 8.42 Å². The summed E-state index contributed by atoms with van der Waals surface area (Å²) in [6, 6.07) is 16.6. The summed E-state index contributed by atoms with van der Waals surface area (Å²) < 4.78 is 29.9. The van der Waals surface area contributed by atoms with Crippen molar-refractivity contribution < 1.29 is 17.9 Å². The van der Waals surface area contributed by atoms with Crippen LogP contribution >= 0.6 is 11.8 Å². The van der Waals surface area contributed by atoms with Crippen molar-refractivity contribution in [2.45, 2.75) is 18.2 Å². The van der Waals surface area contributed by atoms with Crippen LogP contribution in [0.3, 0.4) is 0 Å². The topological polar surface area (TPSA) is 76.0 Å². The molecule has 0 N–H and O–H groups in total. The van der Waals surface area contributed by atoms with E-state index in [9.17, 15) is 13.2 Å². The monoisotopic (exact) mass is 402 g/mol. The van der Waals surface area contributed by atoms with Gasteiger partial charge in [0, 0.05) is 17.9 Å². The normalized spacial score (nSPS) is 24.8. The molecule has 0 unspecified atom stereocenters. The molecule has 0 aromatic heterocycles. The Morgan fingerprint density at radius 1 is 1.07 bits per heavy atom. The summed E-state index contributed by atoms with van der Waals surface area (Å²) in [6.45, 7) is 1.40. The summed E-state index contributed by atoms with van der Waals surface area (Å²) in [7, 11) is -3.07. The summed E-state index contributed by atoms with van der Waals surface area (Å²) >= 11 is 1.37. The number of rotatable bonds is 3. The van der Waals surface area contributed by atoms with Crippen LogP contribution in [0.15, 0.2) is 59.6 Å². The van der Waals surface area contributed by atoms with Gasteiger partial charge in [-0.2, -0.15) is 4.99 Å². The molecule has 2 saturated heterocycles. The number of ether oxygens (including phenoxy) is 1. The van der Waals surface area contributed by atoms with Crippen LogP contribution in [-0.4, -0.2) is 42.3 Å². The molecule has 2 atom stereocenters. The maximum Gasteiger partial charge on any atom is 0.244 e. The van der Waals surface area contributed by atoms with Crippen molar-refractivity contribution in [3.63, 3.8) is 0 Å². The number of fused-ring (bicyclic) bond motifs is 1. The van der Waals surface area contributed by atoms with E-state index in [2.05, 4.69) is 4.99 Å². The first-order valence-corrected chi connectivity index (χ1v) is 11.2. The highest BCUT2D eigenvalue weighted by Gasteiger charge is 2.49. The van der Waals surface area contributed by atoms with Crippen LogP contribution in [0.25, 0.3) is 0 Å². The standard InChI is InChI=1S/C19H18N2O4S2/c1-13(22)20-19-21(17-11-27(23,24)12-18(17)26-19)14-7-9-16(10-8-14)25-15-5-3-2-4-6-15/h2-10,17-18H,11-12H2,1H3/t17-,18-/m1/s1. The van der Waals surface area contributed by atoms with Crippen molar-refractivity contribution >= 4 is 38.4 Å². The summed E-state index contributed by atoms with van der Waals surface area (Å²) in [6.07, 6.45) is 0. The third-order valence-electron chi connectivity index (χ3n) is 4.41. The number of nitrogens with zero attached hydrogens (tertiary/aromatic N) is 2. The fourth-order valence-electron chi connectivity index (χ4n) is 3.30. The molecule has 2 heterocycles. The quantitative estimate of drug-likeness (QED) is 0.785. The molecular formula is C19H18N2O4S2. The number of amidine groups is 1. The maximum atomic E-state index is 12.0. The molecule has 140 valence electrons. The predicted octanol–water partition coefficient (Wildman–Crippen LogP) is 3.10. The summed E-state index contributed by atoms with van der Waals surface area (Å²) in [5.41, 5.74) is 0.799. The SMILES string of the molecule is CC(=O)N=C1S[C@@H]2CS(=O)(=O)C[C@H]2N1c1ccc(Oc2ccccc2)cc1. The van der Waals surface area contributed by atoms with Crippen molar-refractivity contribution in [1.29, 1.82) is 0 Å².